The van der Waals surface area contributed by atoms with Gasteiger partial charge in [-0.15, -0.1) is 0 Å². The third-order valence-corrected chi connectivity index (χ3v) is 6.28. The quantitative estimate of drug-likeness (QED) is 0.160. The molecule has 0 bridgehead atoms. The van der Waals surface area contributed by atoms with Gasteiger partial charge in [0, 0.05) is 6.04 Å². The Morgan fingerprint density at radius 3 is 1.11 bits per heavy atom. The fourth-order valence-corrected chi connectivity index (χ4v) is 4.26. The van der Waals surface area contributed by atoms with E-state index in [9.17, 15) is 0 Å². The molecular formula is C27H57N. The van der Waals surface area contributed by atoms with E-state index in [4.69, 9.17) is 0 Å². The van der Waals surface area contributed by atoms with Crippen molar-refractivity contribution in [3.05, 3.63) is 0 Å². The summed E-state index contributed by atoms with van der Waals surface area (Å²) in [6.07, 6.45) is 31.4. The molecule has 0 fully saturated rings. The van der Waals surface area contributed by atoms with E-state index in [1.807, 2.05) is 0 Å². The number of hydrogen-bond acceptors (Lipinski definition) is 1. The first kappa shape index (κ1) is 28.0. The van der Waals surface area contributed by atoms with E-state index in [-0.39, 0.29) is 0 Å². The molecule has 0 aromatic carbocycles. The smallest absolute Gasteiger partial charge is 0.00670 e. The van der Waals surface area contributed by atoms with Gasteiger partial charge in [-0.05, 0) is 25.8 Å². The minimum Gasteiger partial charge on any atom is -0.314 e. The van der Waals surface area contributed by atoms with E-state index in [1.54, 1.807) is 0 Å². The average molecular weight is 396 g/mol. The summed E-state index contributed by atoms with van der Waals surface area (Å²) in [6.45, 7) is 8.18. The molecule has 0 amide bonds. The number of unbranched alkanes of at least 4 members (excludes halogenated alkanes) is 17. The Kier molecular flexibility index (Phi) is 25.0. The summed E-state index contributed by atoms with van der Waals surface area (Å²) >= 11 is 0. The normalized spacial score (nSPS) is 11.6. The molecule has 0 rings (SSSR count). The minimum atomic E-state index is 0.793. The highest BCUT2D eigenvalue weighted by molar-refractivity contribution is 4.67. The number of rotatable bonds is 24. The van der Waals surface area contributed by atoms with E-state index in [1.165, 1.54) is 148 Å². The van der Waals surface area contributed by atoms with Crippen LogP contribution in [-0.4, -0.2) is 12.6 Å². The lowest BCUT2D eigenvalue weighted by Gasteiger charge is -2.19. The Bertz CT molecular complexity index is 251. The van der Waals surface area contributed by atoms with Crippen LogP contribution in [0.2, 0.25) is 0 Å². The summed E-state index contributed by atoms with van der Waals surface area (Å²) in [5, 5.41) is 3.91. The van der Waals surface area contributed by atoms with Gasteiger partial charge in [0.2, 0.25) is 0 Å². The second-order valence-corrected chi connectivity index (χ2v) is 9.24. The first-order chi connectivity index (χ1) is 13.8. The molecule has 0 aromatic heterocycles. The van der Waals surface area contributed by atoms with E-state index < -0.39 is 0 Å². The maximum atomic E-state index is 3.91. The lowest BCUT2D eigenvalue weighted by atomic mass is 10.0. The lowest BCUT2D eigenvalue weighted by molar-refractivity contribution is 0.408. The van der Waals surface area contributed by atoms with Gasteiger partial charge < -0.3 is 5.32 Å². The molecule has 0 saturated carbocycles. The van der Waals surface area contributed by atoms with Crippen LogP contribution in [0, 0.1) is 0 Å². The Labute approximate surface area is 180 Å². The van der Waals surface area contributed by atoms with Crippen molar-refractivity contribution in [3.8, 4) is 0 Å². The van der Waals surface area contributed by atoms with Crippen molar-refractivity contribution in [1.82, 2.24) is 5.32 Å². The molecule has 0 spiro atoms. The standard InChI is InChI=1S/C27H57N/c1-4-7-10-13-14-15-16-17-18-19-20-23-26-28-27(24-21-11-8-5-2)25-22-12-9-6-3/h27-28H,4-26H2,1-3H3. The first-order valence-corrected chi connectivity index (χ1v) is 13.6. The molecule has 170 valence electrons. The molecule has 0 saturated heterocycles. The summed E-state index contributed by atoms with van der Waals surface area (Å²) in [4.78, 5) is 0. The second kappa shape index (κ2) is 25.0. The summed E-state index contributed by atoms with van der Waals surface area (Å²) < 4.78 is 0. The second-order valence-electron chi connectivity index (χ2n) is 9.24. The zero-order valence-corrected chi connectivity index (χ0v) is 20.3. The zero-order valence-electron chi connectivity index (χ0n) is 20.3. The predicted molar refractivity (Wildman–Crippen MR) is 130 cm³/mol. The van der Waals surface area contributed by atoms with Crippen molar-refractivity contribution in [2.24, 2.45) is 0 Å². The summed E-state index contributed by atoms with van der Waals surface area (Å²) in [5.41, 5.74) is 0. The van der Waals surface area contributed by atoms with Gasteiger partial charge in [-0.2, -0.15) is 0 Å². The van der Waals surface area contributed by atoms with Crippen LogP contribution >= 0.6 is 0 Å². The van der Waals surface area contributed by atoms with Gasteiger partial charge in [-0.25, -0.2) is 0 Å². The molecule has 0 aromatic rings. The van der Waals surface area contributed by atoms with Gasteiger partial charge in [-0.3, -0.25) is 0 Å². The van der Waals surface area contributed by atoms with E-state index in [0.29, 0.717) is 0 Å². The van der Waals surface area contributed by atoms with Crippen LogP contribution in [0.5, 0.6) is 0 Å². The largest absolute Gasteiger partial charge is 0.314 e. The SMILES string of the molecule is CCCCCCCCCCCCCCNC(CCCCCC)CCCCCC. The predicted octanol–water partition coefficient (Wildman–Crippen LogP) is 9.59. The highest BCUT2D eigenvalue weighted by Crippen LogP contribution is 2.14. The van der Waals surface area contributed by atoms with Crippen LogP contribution in [0.25, 0.3) is 0 Å². The van der Waals surface area contributed by atoms with Gasteiger partial charge in [0.15, 0.2) is 0 Å². The third kappa shape index (κ3) is 22.3. The summed E-state index contributed by atoms with van der Waals surface area (Å²) in [6, 6.07) is 0.793. The topological polar surface area (TPSA) is 12.0 Å². The third-order valence-electron chi connectivity index (χ3n) is 6.28. The maximum Gasteiger partial charge on any atom is 0.00670 e. The molecule has 0 atom stereocenters. The van der Waals surface area contributed by atoms with Crippen LogP contribution in [-0.2, 0) is 0 Å². The monoisotopic (exact) mass is 395 g/mol. The molecule has 0 radical (unpaired) electrons. The first-order valence-electron chi connectivity index (χ1n) is 13.6. The number of hydrogen-bond donors (Lipinski definition) is 1. The molecule has 28 heavy (non-hydrogen) atoms. The Morgan fingerprint density at radius 1 is 0.393 bits per heavy atom. The van der Waals surface area contributed by atoms with E-state index >= 15 is 0 Å². The molecule has 0 aliphatic carbocycles. The van der Waals surface area contributed by atoms with Crippen molar-refractivity contribution < 1.29 is 0 Å². The van der Waals surface area contributed by atoms with Crippen molar-refractivity contribution >= 4 is 0 Å². The Hall–Kier alpha value is -0.0400. The molecule has 0 unspecified atom stereocenters. The molecule has 0 aliphatic rings. The van der Waals surface area contributed by atoms with Crippen LogP contribution in [0.4, 0.5) is 0 Å². The van der Waals surface area contributed by atoms with Gasteiger partial charge >= 0.3 is 0 Å². The molecule has 0 heterocycles. The lowest BCUT2D eigenvalue weighted by Crippen LogP contribution is -2.30. The fourth-order valence-electron chi connectivity index (χ4n) is 4.26. The Balaban J connectivity index is 3.52. The van der Waals surface area contributed by atoms with Crippen LogP contribution in [0.15, 0.2) is 0 Å². The van der Waals surface area contributed by atoms with Gasteiger partial charge in [0.05, 0.1) is 0 Å². The van der Waals surface area contributed by atoms with Crippen LogP contribution in [0.1, 0.15) is 162 Å². The van der Waals surface area contributed by atoms with Gasteiger partial charge in [-0.1, -0.05) is 143 Å². The molecule has 1 heteroatoms. The zero-order chi connectivity index (χ0) is 20.5. The average Bonchev–Trinajstić information content (AvgIpc) is 2.71. The van der Waals surface area contributed by atoms with Gasteiger partial charge in [0.25, 0.3) is 0 Å². The van der Waals surface area contributed by atoms with Crippen molar-refractivity contribution in [2.45, 2.75) is 168 Å². The minimum absolute atomic E-state index is 0.793. The van der Waals surface area contributed by atoms with Crippen molar-refractivity contribution in [3.63, 3.8) is 0 Å². The van der Waals surface area contributed by atoms with Crippen LogP contribution in [0.3, 0.4) is 0 Å². The number of nitrogens with one attached hydrogen (secondary N) is 1. The van der Waals surface area contributed by atoms with E-state index in [0.717, 1.165) is 6.04 Å². The molecule has 0 aliphatic heterocycles. The van der Waals surface area contributed by atoms with Gasteiger partial charge in [0.1, 0.15) is 0 Å². The highest BCUT2D eigenvalue weighted by Gasteiger charge is 2.07. The van der Waals surface area contributed by atoms with Crippen LogP contribution < -0.4 is 5.32 Å². The Morgan fingerprint density at radius 2 is 0.714 bits per heavy atom. The molecular weight excluding hydrogens is 338 g/mol. The molecule has 1 N–H and O–H groups in total. The summed E-state index contributed by atoms with van der Waals surface area (Å²) in [5.74, 6) is 0. The van der Waals surface area contributed by atoms with E-state index in [2.05, 4.69) is 26.1 Å². The summed E-state index contributed by atoms with van der Waals surface area (Å²) in [7, 11) is 0. The molecule has 1 nitrogen and oxygen atoms in total. The highest BCUT2D eigenvalue weighted by atomic mass is 14.9. The fraction of sp³-hybridized carbons (Fsp3) is 1.00. The van der Waals surface area contributed by atoms with Crippen molar-refractivity contribution in [2.75, 3.05) is 6.54 Å². The maximum absolute atomic E-state index is 3.91. The van der Waals surface area contributed by atoms with Crippen molar-refractivity contribution in [1.29, 1.82) is 0 Å².